The van der Waals surface area contributed by atoms with Crippen molar-refractivity contribution >= 4 is 5.97 Å². The molecule has 0 bridgehead atoms. The van der Waals surface area contributed by atoms with Gasteiger partial charge in [0.1, 0.15) is 0 Å². The number of H-pyrrole nitrogens is 1. The van der Waals surface area contributed by atoms with E-state index in [2.05, 4.69) is 9.97 Å². The molecule has 0 aliphatic heterocycles. The van der Waals surface area contributed by atoms with Gasteiger partial charge in [0.15, 0.2) is 11.1 Å². The lowest BCUT2D eigenvalue weighted by Crippen LogP contribution is -2.41. The van der Waals surface area contributed by atoms with Crippen LogP contribution in [0.5, 0.6) is 0 Å². The summed E-state index contributed by atoms with van der Waals surface area (Å²) in [7, 11) is 0. The first kappa shape index (κ1) is 9.96. The molecule has 3 N–H and O–H groups in total. The third-order valence-corrected chi connectivity index (χ3v) is 1.53. The second-order valence-electron chi connectivity index (χ2n) is 2.54. The van der Waals surface area contributed by atoms with E-state index in [1.165, 1.54) is 12.5 Å². The first-order valence-corrected chi connectivity index (χ1v) is 3.70. The fourth-order valence-corrected chi connectivity index (χ4v) is 0.927. The first-order chi connectivity index (χ1) is 6.59. The third-order valence-electron chi connectivity index (χ3n) is 1.53. The average Bonchev–Trinajstić information content (AvgIpc) is 2.54. The predicted molar refractivity (Wildman–Crippen MR) is 43.8 cm³/mol. The molecule has 1 heterocycles. The van der Waals surface area contributed by atoms with Crippen LogP contribution in [0.15, 0.2) is 12.5 Å². The summed E-state index contributed by atoms with van der Waals surface area (Å²) in [6.45, 7) is 0. The molecule has 0 saturated carbocycles. The van der Waals surface area contributed by atoms with E-state index < -0.39 is 17.0 Å². The van der Waals surface area contributed by atoms with Gasteiger partial charge in [0.25, 0.3) is 0 Å². The Labute approximate surface area is 78.1 Å². The van der Waals surface area contributed by atoms with Gasteiger partial charge in [0.05, 0.1) is 12.0 Å². The van der Waals surface area contributed by atoms with E-state index in [1.54, 1.807) is 5.43 Å². The Morgan fingerprint density at radius 2 is 2.57 bits per heavy atom. The molecule has 0 aliphatic rings. The SMILES string of the molecule is O=C(O)C(Cc1c[nH]cn1)N[N+](=O)[O-]. The molecule has 1 unspecified atom stereocenters. The molecule has 0 aliphatic carbocycles. The number of rotatable bonds is 5. The Balaban J connectivity index is 2.60. The van der Waals surface area contributed by atoms with Gasteiger partial charge < -0.3 is 10.1 Å². The molecule has 8 heteroatoms. The van der Waals surface area contributed by atoms with Crippen LogP contribution in [0.1, 0.15) is 5.69 Å². The summed E-state index contributed by atoms with van der Waals surface area (Å²) < 4.78 is 0. The molecule has 0 aromatic carbocycles. The molecule has 1 aromatic rings. The Hall–Kier alpha value is -2.12. The van der Waals surface area contributed by atoms with Gasteiger partial charge in [0.2, 0.25) is 0 Å². The minimum Gasteiger partial charge on any atom is -0.480 e. The van der Waals surface area contributed by atoms with Crippen molar-refractivity contribution in [3.63, 3.8) is 0 Å². The van der Waals surface area contributed by atoms with Crippen LogP contribution in [0.3, 0.4) is 0 Å². The molecule has 0 radical (unpaired) electrons. The summed E-state index contributed by atoms with van der Waals surface area (Å²) in [6, 6.07) is -1.27. The molecule has 76 valence electrons. The molecule has 0 fully saturated rings. The number of hydrogen-bond donors (Lipinski definition) is 3. The molecule has 1 atom stereocenters. The third kappa shape index (κ3) is 2.73. The monoisotopic (exact) mass is 200 g/mol. The minimum atomic E-state index is -1.29. The van der Waals surface area contributed by atoms with Gasteiger partial charge in [-0.2, -0.15) is 0 Å². The summed E-state index contributed by atoms with van der Waals surface area (Å²) in [4.78, 5) is 27.0. The summed E-state index contributed by atoms with van der Waals surface area (Å²) >= 11 is 0. The second-order valence-corrected chi connectivity index (χ2v) is 2.54. The molecule has 0 amide bonds. The maximum absolute atomic E-state index is 10.6. The van der Waals surface area contributed by atoms with Gasteiger partial charge in [0, 0.05) is 12.6 Å². The highest BCUT2D eigenvalue weighted by Gasteiger charge is 2.23. The quantitative estimate of drug-likeness (QED) is 0.422. The van der Waals surface area contributed by atoms with Crippen molar-refractivity contribution in [2.45, 2.75) is 12.5 Å². The second kappa shape index (κ2) is 4.21. The molecule has 1 rings (SSSR count). The van der Waals surface area contributed by atoms with E-state index in [-0.39, 0.29) is 6.42 Å². The number of nitro groups is 1. The number of carbonyl (C=O) groups is 1. The Bertz CT molecular complexity index is 323. The zero-order valence-electron chi connectivity index (χ0n) is 7.01. The summed E-state index contributed by atoms with van der Waals surface area (Å²) in [6.07, 6.45) is 2.82. The molecule has 0 spiro atoms. The minimum absolute atomic E-state index is 0.0419. The smallest absolute Gasteiger partial charge is 0.332 e. The fraction of sp³-hybridized carbons (Fsp3) is 0.333. The van der Waals surface area contributed by atoms with E-state index in [1.807, 2.05) is 0 Å². The molecule has 1 aromatic heterocycles. The molecular weight excluding hydrogens is 192 g/mol. The number of aromatic nitrogens is 2. The van der Waals surface area contributed by atoms with Crippen molar-refractivity contribution in [3.05, 3.63) is 28.3 Å². The van der Waals surface area contributed by atoms with Crippen LogP contribution in [-0.2, 0) is 11.2 Å². The van der Waals surface area contributed by atoms with E-state index >= 15 is 0 Å². The van der Waals surface area contributed by atoms with Crippen LogP contribution in [-0.4, -0.2) is 32.1 Å². The number of nitrogens with zero attached hydrogens (tertiary/aromatic N) is 2. The first-order valence-electron chi connectivity index (χ1n) is 3.70. The van der Waals surface area contributed by atoms with Crippen LogP contribution in [0.4, 0.5) is 0 Å². The topological polar surface area (TPSA) is 121 Å². The average molecular weight is 200 g/mol. The lowest BCUT2D eigenvalue weighted by Gasteiger charge is -2.06. The lowest BCUT2D eigenvalue weighted by atomic mass is 10.2. The van der Waals surface area contributed by atoms with Crippen LogP contribution in [0.2, 0.25) is 0 Å². The van der Waals surface area contributed by atoms with Crippen molar-refractivity contribution < 1.29 is 14.9 Å². The number of hydrogen-bond acceptors (Lipinski definition) is 4. The van der Waals surface area contributed by atoms with Gasteiger partial charge in [-0.1, -0.05) is 0 Å². The summed E-state index contributed by atoms with van der Waals surface area (Å²) in [5, 5.41) is 17.8. The van der Waals surface area contributed by atoms with Gasteiger partial charge >= 0.3 is 5.97 Å². The highest BCUT2D eigenvalue weighted by atomic mass is 16.7. The van der Waals surface area contributed by atoms with E-state index in [4.69, 9.17) is 5.11 Å². The number of nitrogens with one attached hydrogen (secondary N) is 2. The normalized spacial score (nSPS) is 12.0. The zero-order valence-corrected chi connectivity index (χ0v) is 7.01. The molecule has 8 nitrogen and oxygen atoms in total. The lowest BCUT2D eigenvalue weighted by molar-refractivity contribution is -0.548. The maximum atomic E-state index is 10.6. The van der Waals surface area contributed by atoms with Gasteiger partial charge in [-0.25, -0.2) is 19.9 Å². The van der Waals surface area contributed by atoms with Crippen LogP contribution < -0.4 is 5.43 Å². The number of imidazole rings is 1. The van der Waals surface area contributed by atoms with Crippen LogP contribution in [0.25, 0.3) is 0 Å². The zero-order chi connectivity index (χ0) is 10.6. The fourth-order valence-electron chi connectivity index (χ4n) is 0.927. The molecular formula is C6H8N4O4. The number of aromatic amines is 1. The summed E-state index contributed by atoms with van der Waals surface area (Å²) in [5.74, 6) is -1.29. The van der Waals surface area contributed by atoms with Crippen molar-refractivity contribution in [1.82, 2.24) is 15.4 Å². The number of carboxylic acids is 1. The number of aliphatic carboxylic acids is 1. The molecule has 0 saturated heterocycles. The maximum Gasteiger partial charge on any atom is 0.332 e. The van der Waals surface area contributed by atoms with Crippen molar-refractivity contribution in [3.8, 4) is 0 Å². The molecule has 14 heavy (non-hydrogen) atoms. The van der Waals surface area contributed by atoms with Crippen molar-refractivity contribution in [1.29, 1.82) is 0 Å². The highest BCUT2D eigenvalue weighted by Crippen LogP contribution is 1.98. The Morgan fingerprint density at radius 3 is 3.00 bits per heavy atom. The van der Waals surface area contributed by atoms with Crippen molar-refractivity contribution in [2.75, 3.05) is 0 Å². The number of carboxylic acid groups (broad SMARTS) is 1. The van der Waals surface area contributed by atoms with Gasteiger partial charge in [-0.05, 0) is 0 Å². The highest BCUT2D eigenvalue weighted by molar-refractivity contribution is 5.73. The van der Waals surface area contributed by atoms with E-state index in [0.717, 1.165) is 0 Å². The van der Waals surface area contributed by atoms with Gasteiger partial charge in [-0.3, -0.25) is 0 Å². The Kier molecular flexibility index (Phi) is 3.00. The summed E-state index contributed by atoms with van der Waals surface area (Å²) in [5.41, 5.74) is 2.14. The largest absolute Gasteiger partial charge is 0.480 e. The van der Waals surface area contributed by atoms with Crippen LogP contribution in [0, 0.1) is 10.1 Å². The standard InChI is InChI=1S/C6H8N4O4/c11-6(12)5(9-10(13)14)1-4-2-7-3-8-4/h2-3,5,9H,1H2,(H,7,8)(H,11,12). The van der Waals surface area contributed by atoms with Crippen molar-refractivity contribution in [2.24, 2.45) is 0 Å². The predicted octanol–water partition coefficient (Wildman–Crippen LogP) is -0.813. The number of hydrazine groups is 1. The van der Waals surface area contributed by atoms with Crippen LogP contribution >= 0.6 is 0 Å². The Morgan fingerprint density at radius 1 is 1.86 bits per heavy atom. The van der Waals surface area contributed by atoms with E-state index in [0.29, 0.717) is 5.69 Å². The van der Waals surface area contributed by atoms with E-state index in [9.17, 15) is 14.9 Å². The van der Waals surface area contributed by atoms with Gasteiger partial charge in [-0.15, -0.1) is 5.43 Å².